The second kappa shape index (κ2) is 6.13. The number of likely N-dealkylation sites (N-methyl/N-ethyl adjacent to an activating group) is 1. The van der Waals surface area contributed by atoms with Gasteiger partial charge in [0.25, 0.3) is 5.95 Å². The average molecular weight is 282 g/mol. The molecule has 1 aromatic rings. The van der Waals surface area contributed by atoms with Gasteiger partial charge in [-0.1, -0.05) is 6.92 Å². The Morgan fingerprint density at radius 2 is 2.16 bits per heavy atom. The number of nitrogens with one attached hydrogen (secondary N) is 1. The lowest BCUT2D eigenvalue weighted by Gasteiger charge is -2.24. The molecule has 2 fully saturated rings. The van der Waals surface area contributed by atoms with Gasteiger partial charge in [0.1, 0.15) is 0 Å². The van der Waals surface area contributed by atoms with E-state index < -0.39 is 0 Å². The maximum absolute atomic E-state index is 5.52. The Morgan fingerprint density at radius 1 is 1.32 bits per heavy atom. The van der Waals surface area contributed by atoms with E-state index in [2.05, 4.69) is 27.3 Å². The fourth-order valence-electron chi connectivity index (χ4n) is 2.86. The van der Waals surface area contributed by atoms with E-state index in [4.69, 9.17) is 4.52 Å². The van der Waals surface area contributed by atoms with Gasteiger partial charge in [0.2, 0.25) is 5.89 Å². The van der Waals surface area contributed by atoms with Crippen molar-refractivity contribution in [2.24, 2.45) is 0 Å². The van der Waals surface area contributed by atoms with Gasteiger partial charge in [-0.3, -0.25) is 0 Å². The summed E-state index contributed by atoms with van der Waals surface area (Å²) in [5.41, 5.74) is 0. The van der Waals surface area contributed by atoms with Crippen LogP contribution in [0.3, 0.4) is 0 Å². The highest BCUT2D eigenvalue weighted by Gasteiger charge is 2.33. The zero-order chi connectivity index (χ0) is 13.1. The van der Waals surface area contributed by atoms with Crippen LogP contribution in [-0.4, -0.2) is 47.3 Å². The smallest absolute Gasteiger partial charge is 0.266 e. The fraction of sp³-hybridized carbons (Fsp3) is 0.846. The lowest BCUT2D eigenvalue weighted by Crippen LogP contribution is -2.34. The van der Waals surface area contributed by atoms with Gasteiger partial charge in [-0.15, -0.1) is 0 Å². The minimum Gasteiger partial charge on any atom is -0.338 e. The first-order chi connectivity index (χ1) is 9.38. The fourth-order valence-corrected chi connectivity index (χ4v) is 4.23. The van der Waals surface area contributed by atoms with E-state index in [-0.39, 0.29) is 0 Å². The van der Waals surface area contributed by atoms with E-state index in [1.807, 2.05) is 11.8 Å². The summed E-state index contributed by atoms with van der Waals surface area (Å²) in [6, 6.07) is 0.477. The van der Waals surface area contributed by atoms with E-state index in [0.29, 0.717) is 12.0 Å². The van der Waals surface area contributed by atoms with Crippen LogP contribution in [0.25, 0.3) is 0 Å². The molecule has 0 saturated carbocycles. The number of rotatable bonds is 4. The molecule has 106 valence electrons. The van der Waals surface area contributed by atoms with Crippen molar-refractivity contribution in [3.63, 3.8) is 0 Å². The minimum absolute atomic E-state index is 0.371. The zero-order valence-corrected chi connectivity index (χ0v) is 12.3. The van der Waals surface area contributed by atoms with Gasteiger partial charge in [0.15, 0.2) is 0 Å². The topological polar surface area (TPSA) is 54.2 Å². The largest absolute Gasteiger partial charge is 0.338 e. The van der Waals surface area contributed by atoms with Crippen molar-refractivity contribution >= 4 is 17.7 Å². The predicted molar refractivity (Wildman–Crippen MR) is 77.9 cm³/mol. The highest BCUT2D eigenvalue weighted by Crippen LogP contribution is 2.32. The monoisotopic (exact) mass is 282 g/mol. The molecule has 1 aromatic heterocycles. The standard InChI is InChI=1S/C13H22N4OS/c1-2-14-11-9-19-8-10(11)12-15-13(16-18-12)17-6-4-3-5-7-17/h10-11,14H,2-9H2,1H3. The van der Waals surface area contributed by atoms with Crippen LogP contribution in [0.4, 0.5) is 5.95 Å². The van der Waals surface area contributed by atoms with Crippen molar-refractivity contribution in [1.29, 1.82) is 0 Å². The van der Waals surface area contributed by atoms with Crippen molar-refractivity contribution < 1.29 is 4.52 Å². The highest BCUT2D eigenvalue weighted by molar-refractivity contribution is 7.99. The number of nitrogens with zero attached hydrogens (tertiary/aromatic N) is 3. The van der Waals surface area contributed by atoms with Crippen LogP contribution in [0.2, 0.25) is 0 Å². The van der Waals surface area contributed by atoms with Crippen LogP contribution in [0, 0.1) is 0 Å². The molecule has 1 N–H and O–H groups in total. The third-order valence-corrected chi connectivity index (χ3v) is 5.12. The van der Waals surface area contributed by atoms with Crippen LogP contribution < -0.4 is 10.2 Å². The van der Waals surface area contributed by atoms with Crippen molar-refractivity contribution in [3.8, 4) is 0 Å². The molecule has 5 nitrogen and oxygen atoms in total. The molecular weight excluding hydrogens is 260 g/mol. The third-order valence-electron chi connectivity index (χ3n) is 3.93. The minimum atomic E-state index is 0.371. The molecule has 2 saturated heterocycles. The van der Waals surface area contributed by atoms with E-state index in [1.54, 1.807) is 0 Å². The maximum atomic E-state index is 5.52. The highest BCUT2D eigenvalue weighted by atomic mass is 32.2. The first-order valence-corrected chi connectivity index (χ1v) is 8.43. The third kappa shape index (κ3) is 2.89. The number of aromatic nitrogens is 2. The van der Waals surface area contributed by atoms with Crippen LogP contribution >= 0.6 is 11.8 Å². The molecular formula is C13H22N4OS. The van der Waals surface area contributed by atoms with Crippen LogP contribution in [0.5, 0.6) is 0 Å². The summed E-state index contributed by atoms with van der Waals surface area (Å²) in [5, 5.41) is 7.70. The molecule has 0 aromatic carbocycles. The Balaban J connectivity index is 1.69. The molecule has 2 atom stereocenters. The SMILES string of the molecule is CCNC1CSCC1c1nc(N2CCCCC2)no1. The lowest BCUT2D eigenvalue weighted by molar-refractivity contribution is 0.339. The van der Waals surface area contributed by atoms with Gasteiger partial charge in [0.05, 0.1) is 5.92 Å². The summed E-state index contributed by atoms with van der Waals surface area (Å²) in [7, 11) is 0. The maximum Gasteiger partial charge on any atom is 0.266 e. The molecule has 0 aliphatic carbocycles. The van der Waals surface area contributed by atoms with Crippen molar-refractivity contribution in [1.82, 2.24) is 15.5 Å². The summed E-state index contributed by atoms with van der Waals surface area (Å²) in [6.07, 6.45) is 3.80. The van der Waals surface area contributed by atoms with Crippen molar-refractivity contribution in [2.75, 3.05) is 36.0 Å². The molecule has 0 amide bonds. The van der Waals surface area contributed by atoms with Crippen molar-refractivity contribution in [2.45, 2.75) is 38.1 Å². The molecule has 2 unspecified atom stereocenters. The molecule has 6 heteroatoms. The predicted octanol–water partition coefficient (Wildman–Crippen LogP) is 1.87. The molecule has 3 rings (SSSR count). The summed E-state index contributed by atoms with van der Waals surface area (Å²) in [5.74, 6) is 4.20. The second-order valence-electron chi connectivity index (χ2n) is 5.29. The van der Waals surface area contributed by atoms with Gasteiger partial charge in [-0.25, -0.2) is 0 Å². The molecule has 0 bridgehead atoms. The normalized spacial score (nSPS) is 27.9. The van der Waals surface area contributed by atoms with E-state index in [0.717, 1.165) is 43.0 Å². The average Bonchev–Trinajstić information content (AvgIpc) is 3.08. The molecule has 19 heavy (non-hydrogen) atoms. The Kier molecular flexibility index (Phi) is 4.28. The van der Waals surface area contributed by atoms with Gasteiger partial charge < -0.3 is 14.7 Å². The lowest BCUT2D eigenvalue weighted by atomic mass is 10.0. The summed E-state index contributed by atoms with van der Waals surface area (Å²) >= 11 is 1.97. The first-order valence-electron chi connectivity index (χ1n) is 7.28. The Hall–Kier alpha value is -0.750. The van der Waals surface area contributed by atoms with Crippen LogP contribution in [0.15, 0.2) is 4.52 Å². The van der Waals surface area contributed by atoms with Crippen molar-refractivity contribution in [3.05, 3.63) is 5.89 Å². The van der Waals surface area contributed by atoms with Gasteiger partial charge in [0, 0.05) is 30.6 Å². The molecule has 2 aliphatic heterocycles. The second-order valence-corrected chi connectivity index (χ2v) is 6.36. The van der Waals surface area contributed by atoms with E-state index >= 15 is 0 Å². The number of thioether (sulfide) groups is 1. The Morgan fingerprint density at radius 3 is 2.95 bits per heavy atom. The molecule has 0 spiro atoms. The molecule has 3 heterocycles. The van der Waals surface area contributed by atoms with Gasteiger partial charge >= 0.3 is 0 Å². The summed E-state index contributed by atoms with van der Waals surface area (Å²) in [6.45, 7) is 5.27. The Labute approximate surface area is 118 Å². The van der Waals surface area contributed by atoms with E-state index in [9.17, 15) is 0 Å². The van der Waals surface area contributed by atoms with Gasteiger partial charge in [-0.05, 0) is 31.0 Å². The Bertz CT molecular complexity index is 405. The summed E-state index contributed by atoms with van der Waals surface area (Å²) in [4.78, 5) is 6.89. The zero-order valence-electron chi connectivity index (χ0n) is 11.5. The molecule has 0 radical (unpaired) electrons. The van der Waals surface area contributed by atoms with Gasteiger partial charge in [-0.2, -0.15) is 16.7 Å². The quantitative estimate of drug-likeness (QED) is 0.910. The first kappa shape index (κ1) is 13.2. The van der Waals surface area contributed by atoms with Crippen LogP contribution in [0.1, 0.15) is 38.0 Å². The van der Waals surface area contributed by atoms with Crippen LogP contribution in [-0.2, 0) is 0 Å². The van der Waals surface area contributed by atoms with E-state index in [1.165, 1.54) is 19.3 Å². The number of anilines is 1. The summed E-state index contributed by atoms with van der Waals surface area (Å²) < 4.78 is 5.52. The number of hydrogen-bond acceptors (Lipinski definition) is 6. The number of hydrogen-bond donors (Lipinski definition) is 1. The molecule has 2 aliphatic rings. The number of piperidine rings is 1.